The van der Waals surface area contributed by atoms with Crippen molar-refractivity contribution < 1.29 is 9.59 Å². The van der Waals surface area contributed by atoms with E-state index in [-0.39, 0.29) is 11.7 Å². The molecule has 110 valence electrons. The number of hydrogen-bond acceptors (Lipinski definition) is 2. The number of aromatic amines is 1. The van der Waals surface area contributed by atoms with Crippen LogP contribution in [0.15, 0.2) is 24.3 Å². The van der Waals surface area contributed by atoms with Gasteiger partial charge in [0, 0.05) is 17.8 Å². The molecule has 2 aromatic rings. The average Bonchev–Trinajstić information content (AvgIpc) is 2.71. The number of aryl methyl sites for hydroxylation is 2. The molecule has 0 radical (unpaired) electrons. The third-order valence-corrected chi connectivity index (χ3v) is 3.55. The number of H-pyrrole nitrogens is 1. The zero-order valence-electron chi connectivity index (χ0n) is 12.8. The van der Waals surface area contributed by atoms with Gasteiger partial charge in [-0.25, -0.2) is 0 Å². The molecule has 21 heavy (non-hydrogen) atoms. The highest BCUT2D eigenvalue weighted by atomic mass is 16.2. The van der Waals surface area contributed by atoms with Crippen LogP contribution in [0, 0.1) is 20.8 Å². The zero-order chi connectivity index (χ0) is 15.6. The van der Waals surface area contributed by atoms with Crippen LogP contribution in [0.2, 0.25) is 0 Å². The molecule has 1 aromatic heterocycles. The number of carbonyl (C=O) groups is 2. The summed E-state index contributed by atoms with van der Waals surface area (Å²) >= 11 is 0. The molecule has 0 aliphatic heterocycles. The maximum absolute atomic E-state index is 12.3. The van der Waals surface area contributed by atoms with E-state index >= 15 is 0 Å². The second-order valence-electron chi connectivity index (χ2n) is 5.35. The fourth-order valence-corrected chi connectivity index (χ4v) is 2.60. The molecular weight excluding hydrogens is 264 g/mol. The Labute approximate surface area is 124 Å². The van der Waals surface area contributed by atoms with Crippen LogP contribution < -0.4 is 5.32 Å². The van der Waals surface area contributed by atoms with Gasteiger partial charge in [0.05, 0.1) is 0 Å². The van der Waals surface area contributed by atoms with Crippen LogP contribution in [0.1, 0.15) is 50.2 Å². The molecule has 1 heterocycles. The minimum atomic E-state index is -0.190. The first-order valence-electron chi connectivity index (χ1n) is 6.94. The molecule has 0 bridgehead atoms. The predicted molar refractivity (Wildman–Crippen MR) is 82.6 cm³/mol. The van der Waals surface area contributed by atoms with E-state index in [1.807, 2.05) is 31.2 Å². The first kappa shape index (κ1) is 15.0. The van der Waals surface area contributed by atoms with Crippen molar-refractivity contribution in [2.75, 3.05) is 0 Å². The molecule has 1 amide bonds. The fourth-order valence-electron chi connectivity index (χ4n) is 2.60. The van der Waals surface area contributed by atoms with E-state index in [4.69, 9.17) is 0 Å². The minimum Gasteiger partial charge on any atom is -0.354 e. The third-order valence-electron chi connectivity index (χ3n) is 3.55. The lowest BCUT2D eigenvalue weighted by atomic mass is 10.1. The average molecular weight is 284 g/mol. The van der Waals surface area contributed by atoms with Crippen molar-refractivity contribution >= 4 is 11.7 Å². The Morgan fingerprint density at radius 3 is 2.48 bits per heavy atom. The van der Waals surface area contributed by atoms with Crippen molar-refractivity contribution in [3.05, 3.63) is 57.9 Å². The number of aromatic nitrogens is 1. The summed E-state index contributed by atoms with van der Waals surface area (Å²) in [4.78, 5) is 26.9. The van der Waals surface area contributed by atoms with Crippen LogP contribution in [0.4, 0.5) is 0 Å². The molecule has 0 unspecified atom stereocenters. The summed E-state index contributed by atoms with van der Waals surface area (Å²) in [6.07, 6.45) is 0. The van der Waals surface area contributed by atoms with Gasteiger partial charge in [0.2, 0.25) is 0 Å². The molecule has 0 fully saturated rings. The number of rotatable bonds is 4. The summed E-state index contributed by atoms with van der Waals surface area (Å²) in [6.45, 7) is 7.59. The Hall–Kier alpha value is -2.36. The maximum Gasteiger partial charge on any atom is 0.268 e. The van der Waals surface area contributed by atoms with E-state index in [2.05, 4.69) is 10.3 Å². The number of nitrogens with one attached hydrogen (secondary N) is 2. The molecular formula is C17H20N2O2. The van der Waals surface area contributed by atoms with E-state index in [0.717, 1.165) is 16.8 Å². The molecule has 0 saturated heterocycles. The number of amides is 1. The van der Waals surface area contributed by atoms with Crippen LogP contribution in [0.5, 0.6) is 0 Å². The van der Waals surface area contributed by atoms with Crippen molar-refractivity contribution in [3.63, 3.8) is 0 Å². The highest BCUT2D eigenvalue weighted by Gasteiger charge is 2.19. The highest BCUT2D eigenvalue weighted by Crippen LogP contribution is 2.18. The summed E-state index contributed by atoms with van der Waals surface area (Å²) in [5, 5.41) is 2.88. The zero-order valence-corrected chi connectivity index (χ0v) is 12.8. The number of Topliss-reactive ketones (excluding diaryl/α,β-unsaturated/α-hetero) is 1. The minimum absolute atomic E-state index is 0.0287. The van der Waals surface area contributed by atoms with Crippen LogP contribution in [-0.2, 0) is 6.54 Å². The number of benzene rings is 1. The molecule has 4 nitrogen and oxygen atoms in total. The smallest absolute Gasteiger partial charge is 0.268 e. The van der Waals surface area contributed by atoms with Crippen LogP contribution in [0.3, 0.4) is 0 Å². The van der Waals surface area contributed by atoms with E-state index in [9.17, 15) is 9.59 Å². The predicted octanol–water partition coefficient (Wildman–Crippen LogP) is 3.07. The molecule has 0 atom stereocenters. The monoisotopic (exact) mass is 284 g/mol. The summed E-state index contributed by atoms with van der Waals surface area (Å²) in [5.74, 6) is -0.219. The van der Waals surface area contributed by atoms with Crippen LogP contribution >= 0.6 is 0 Å². The van der Waals surface area contributed by atoms with Crippen molar-refractivity contribution in [3.8, 4) is 0 Å². The Kier molecular flexibility index (Phi) is 4.26. The van der Waals surface area contributed by atoms with Crippen LogP contribution in [-0.4, -0.2) is 16.7 Å². The lowest BCUT2D eigenvalue weighted by Gasteiger charge is -2.06. The Balaban J connectivity index is 2.14. The first-order chi connectivity index (χ1) is 9.90. The van der Waals surface area contributed by atoms with Gasteiger partial charge in [-0.2, -0.15) is 0 Å². The van der Waals surface area contributed by atoms with Gasteiger partial charge >= 0.3 is 0 Å². The van der Waals surface area contributed by atoms with Crippen molar-refractivity contribution in [1.29, 1.82) is 0 Å². The molecule has 4 heteroatoms. The second-order valence-corrected chi connectivity index (χ2v) is 5.35. The van der Waals surface area contributed by atoms with Gasteiger partial charge in [0.25, 0.3) is 5.91 Å². The van der Waals surface area contributed by atoms with Crippen LogP contribution in [0.25, 0.3) is 0 Å². The van der Waals surface area contributed by atoms with Crippen molar-refractivity contribution in [2.45, 2.75) is 34.2 Å². The van der Waals surface area contributed by atoms with Gasteiger partial charge in [-0.3, -0.25) is 9.59 Å². The maximum atomic E-state index is 12.3. The fraction of sp³-hybridized carbons (Fsp3) is 0.294. The van der Waals surface area contributed by atoms with E-state index in [0.29, 0.717) is 23.4 Å². The van der Waals surface area contributed by atoms with E-state index in [1.54, 1.807) is 13.8 Å². The van der Waals surface area contributed by atoms with Crippen molar-refractivity contribution in [1.82, 2.24) is 10.3 Å². The molecule has 0 aliphatic carbocycles. The molecule has 0 spiro atoms. The van der Waals surface area contributed by atoms with Gasteiger partial charge in [-0.05, 0) is 38.8 Å². The summed E-state index contributed by atoms with van der Waals surface area (Å²) in [5.41, 5.74) is 4.73. The first-order valence-corrected chi connectivity index (χ1v) is 6.94. The Morgan fingerprint density at radius 1 is 1.19 bits per heavy atom. The molecule has 0 aliphatic rings. The normalized spacial score (nSPS) is 10.5. The highest BCUT2D eigenvalue weighted by molar-refractivity contribution is 6.02. The Morgan fingerprint density at radius 2 is 1.90 bits per heavy atom. The van der Waals surface area contributed by atoms with E-state index < -0.39 is 0 Å². The standard InChI is InChI=1S/C17H20N2O2/c1-10-6-5-7-14(8-10)9-18-17(21)16-11(2)15(13(4)20)12(3)19-16/h5-8,19H,9H2,1-4H3,(H,18,21). The number of ketones is 1. The van der Waals surface area contributed by atoms with Gasteiger partial charge in [-0.15, -0.1) is 0 Å². The quantitative estimate of drug-likeness (QED) is 0.848. The molecule has 1 aromatic carbocycles. The van der Waals surface area contributed by atoms with Gasteiger partial charge < -0.3 is 10.3 Å². The summed E-state index contributed by atoms with van der Waals surface area (Å²) < 4.78 is 0. The molecule has 0 saturated carbocycles. The van der Waals surface area contributed by atoms with E-state index in [1.165, 1.54) is 6.92 Å². The Bertz CT molecular complexity index is 699. The van der Waals surface area contributed by atoms with Gasteiger partial charge in [0.15, 0.2) is 5.78 Å². The summed E-state index contributed by atoms with van der Waals surface area (Å²) in [6, 6.07) is 7.99. The van der Waals surface area contributed by atoms with Gasteiger partial charge in [0.1, 0.15) is 5.69 Å². The molecule has 2 N–H and O–H groups in total. The lowest BCUT2D eigenvalue weighted by molar-refractivity contribution is 0.0945. The van der Waals surface area contributed by atoms with Crippen molar-refractivity contribution in [2.24, 2.45) is 0 Å². The lowest BCUT2D eigenvalue weighted by Crippen LogP contribution is -2.24. The number of hydrogen-bond donors (Lipinski definition) is 2. The SMILES string of the molecule is CC(=O)c1c(C)[nH]c(C(=O)NCc2cccc(C)c2)c1C. The largest absolute Gasteiger partial charge is 0.354 e. The van der Waals surface area contributed by atoms with Gasteiger partial charge in [-0.1, -0.05) is 29.8 Å². The number of carbonyl (C=O) groups excluding carboxylic acids is 2. The third kappa shape index (κ3) is 3.21. The summed E-state index contributed by atoms with van der Waals surface area (Å²) in [7, 11) is 0. The topological polar surface area (TPSA) is 62.0 Å². The molecule has 2 rings (SSSR count). The second kappa shape index (κ2) is 5.95.